The molecule has 2 atom stereocenters. The minimum atomic E-state index is -0.533. The number of nitrogens with zero attached hydrogens (tertiary/aromatic N) is 4. The molecular formula is C26H28N6O3. The molecule has 4 rings (SSSR count). The van der Waals surface area contributed by atoms with Crippen molar-refractivity contribution in [3.05, 3.63) is 76.1 Å². The predicted molar refractivity (Wildman–Crippen MR) is 135 cm³/mol. The summed E-state index contributed by atoms with van der Waals surface area (Å²) in [7, 11) is 0. The molecule has 1 aromatic heterocycles. The summed E-state index contributed by atoms with van der Waals surface area (Å²) in [5.74, 6) is 0.844. The summed E-state index contributed by atoms with van der Waals surface area (Å²) >= 11 is 0. The van der Waals surface area contributed by atoms with Crippen molar-refractivity contribution in [1.29, 1.82) is 5.26 Å². The van der Waals surface area contributed by atoms with Crippen LogP contribution in [-0.4, -0.2) is 59.5 Å². The first-order chi connectivity index (χ1) is 17.0. The Labute approximate surface area is 204 Å². The summed E-state index contributed by atoms with van der Waals surface area (Å²) < 4.78 is 11.8. The Kier molecular flexibility index (Phi) is 7.88. The second-order valence-electron chi connectivity index (χ2n) is 8.39. The molecule has 0 saturated carbocycles. The third kappa shape index (κ3) is 6.32. The first kappa shape index (κ1) is 24.1. The first-order valence-electron chi connectivity index (χ1n) is 11.5. The van der Waals surface area contributed by atoms with E-state index in [1.807, 2.05) is 48.5 Å². The van der Waals surface area contributed by atoms with Crippen LogP contribution in [0.1, 0.15) is 25.0 Å². The maximum Gasteiger partial charge on any atom is 0.270 e. The Morgan fingerprint density at radius 2 is 1.91 bits per heavy atom. The molecule has 2 N–H and O–H groups in total. The maximum absolute atomic E-state index is 12.4. The zero-order chi connectivity index (χ0) is 24.6. The number of morpholine rings is 1. The van der Waals surface area contributed by atoms with Crippen LogP contribution >= 0.6 is 0 Å². The van der Waals surface area contributed by atoms with Gasteiger partial charge in [-0.15, -0.1) is 0 Å². The molecule has 180 valence electrons. The third-order valence-corrected chi connectivity index (χ3v) is 5.53. The van der Waals surface area contributed by atoms with Gasteiger partial charge in [0.25, 0.3) is 5.56 Å². The number of para-hydroxylation sites is 1. The highest BCUT2D eigenvalue weighted by molar-refractivity contribution is 5.83. The summed E-state index contributed by atoms with van der Waals surface area (Å²) in [6.07, 6.45) is 2.04. The van der Waals surface area contributed by atoms with Gasteiger partial charge in [-0.25, -0.2) is 10.4 Å². The zero-order valence-electron chi connectivity index (χ0n) is 19.8. The Bertz CT molecular complexity index is 1260. The Morgan fingerprint density at radius 1 is 1.20 bits per heavy atom. The molecule has 1 saturated heterocycles. The topological polar surface area (TPSA) is 116 Å². The summed E-state index contributed by atoms with van der Waals surface area (Å²) in [5, 5.41) is 13.6. The van der Waals surface area contributed by atoms with Crippen molar-refractivity contribution < 1.29 is 9.47 Å². The fraction of sp³-hybridized carbons (Fsp3) is 0.308. The van der Waals surface area contributed by atoms with E-state index in [1.165, 1.54) is 0 Å². The van der Waals surface area contributed by atoms with Gasteiger partial charge >= 0.3 is 0 Å². The second kappa shape index (κ2) is 11.4. The molecule has 0 spiro atoms. The van der Waals surface area contributed by atoms with Crippen LogP contribution < -0.4 is 15.7 Å². The largest absolute Gasteiger partial charge is 0.492 e. The minimum Gasteiger partial charge on any atom is -0.492 e. The molecule has 0 radical (unpaired) electrons. The monoisotopic (exact) mass is 472 g/mol. The molecule has 3 aromatic rings. The summed E-state index contributed by atoms with van der Waals surface area (Å²) in [6.45, 7) is 7.30. The SMILES string of the molecule is CC1CN(CCOc2ccccc2C=NNc2nc(-c3ccccc3)c(C#N)c(=O)[nH]2)CC(C)O1. The number of hydrogen-bond acceptors (Lipinski definition) is 8. The van der Waals surface area contributed by atoms with E-state index < -0.39 is 5.56 Å². The number of anilines is 1. The van der Waals surface area contributed by atoms with Crippen molar-refractivity contribution in [3.63, 3.8) is 0 Å². The smallest absolute Gasteiger partial charge is 0.270 e. The summed E-state index contributed by atoms with van der Waals surface area (Å²) in [5.41, 5.74) is 3.92. The van der Waals surface area contributed by atoms with Gasteiger partial charge in [-0.3, -0.25) is 14.7 Å². The number of hydrogen-bond donors (Lipinski definition) is 2. The number of nitriles is 1. The standard InChI is InChI=1S/C26H28N6O3/c1-18-16-32(17-19(2)35-18)12-13-34-23-11-7-6-10-21(23)15-28-31-26-29-24(20-8-4-3-5-9-20)22(14-27)25(33)30-26/h3-11,15,18-19H,12-13,16-17H2,1-2H3,(H2,29,30,31,33). The van der Waals surface area contributed by atoms with E-state index in [0.717, 1.165) is 25.2 Å². The van der Waals surface area contributed by atoms with Crippen LogP contribution in [0.3, 0.4) is 0 Å². The lowest BCUT2D eigenvalue weighted by Crippen LogP contribution is -2.46. The molecule has 2 aromatic carbocycles. The number of ether oxygens (including phenoxy) is 2. The van der Waals surface area contributed by atoms with Crippen molar-refractivity contribution in [3.8, 4) is 23.1 Å². The van der Waals surface area contributed by atoms with E-state index in [-0.39, 0.29) is 23.7 Å². The number of rotatable bonds is 8. The molecular weight excluding hydrogens is 444 g/mol. The van der Waals surface area contributed by atoms with Gasteiger partial charge in [0.2, 0.25) is 5.95 Å². The molecule has 9 nitrogen and oxygen atoms in total. The molecule has 0 bridgehead atoms. The number of aromatic amines is 1. The lowest BCUT2D eigenvalue weighted by Gasteiger charge is -2.35. The van der Waals surface area contributed by atoms with Gasteiger partial charge in [-0.1, -0.05) is 42.5 Å². The van der Waals surface area contributed by atoms with Crippen LogP contribution in [0.2, 0.25) is 0 Å². The molecule has 1 aliphatic heterocycles. The first-order valence-corrected chi connectivity index (χ1v) is 11.5. The van der Waals surface area contributed by atoms with Crippen molar-refractivity contribution in [1.82, 2.24) is 14.9 Å². The Morgan fingerprint density at radius 3 is 2.66 bits per heavy atom. The molecule has 35 heavy (non-hydrogen) atoms. The normalized spacial score (nSPS) is 18.3. The van der Waals surface area contributed by atoms with Gasteiger partial charge < -0.3 is 9.47 Å². The fourth-order valence-electron chi connectivity index (χ4n) is 4.07. The fourth-order valence-corrected chi connectivity index (χ4v) is 4.07. The van der Waals surface area contributed by atoms with Gasteiger partial charge in [0.1, 0.15) is 24.0 Å². The lowest BCUT2D eigenvalue weighted by atomic mass is 10.1. The summed E-state index contributed by atoms with van der Waals surface area (Å²) in [6, 6.07) is 18.6. The van der Waals surface area contributed by atoms with Gasteiger partial charge in [-0.2, -0.15) is 10.4 Å². The van der Waals surface area contributed by atoms with E-state index in [4.69, 9.17) is 9.47 Å². The van der Waals surface area contributed by atoms with Crippen LogP contribution in [0.15, 0.2) is 64.5 Å². The van der Waals surface area contributed by atoms with Crippen LogP contribution in [0, 0.1) is 11.3 Å². The van der Waals surface area contributed by atoms with Gasteiger partial charge in [0.05, 0.1) is 24.1 Å². The molecule has 0 amide bonds. The number of nitrogens with one attached hydrogen (secondary N) is 2. The van der Waals surface area contributed by atoms with E-state index in [9.17, 15) is 10.1 Å². The predicted octanol–water partition coefficient (Wildman–Crippen LogP) is 3.24. The second-order valence-corrected chi connectivity index (χ2v) is 8.39. The average molecular weight is 473 g/mol. The van der Waals surface area contributed by atoms with Crippen LogP contribution in [0.4, 0.5) is 5.95 Å². The molecule has 9 heteroatoms. The van der Waals surface area contributed by atoms with E-state index in [2.05, 4.69) is 39.2 Å². The van der Waals surface area contributed by atoms with Crippen molar-refractivity contribution in [2.24, 2.45) is 5.10 Å². The zero-order valence-corrected chi connectivity index (χ0v) is 19.8. The number of hydrazone groups is 1. The lowest BCUT2D eigenvalue weighted by molar-refractivity contribution is -0.0699. The van der Waals surface area contributed by atoms with E-state index >= 15 is 0 Å². The van der Waals surface area contributed by atoms with Crippen LogP contribution in [0.5, 0.6) is 5.75 Å². The molecule has 2 unspecified atom stereocenters. The minimum absolute atomic E-state index is 0.0477. The molecule has 1 aliphatic rings. The highest BCUT2D eigenvalue weighted by Crippen LogP contribution is 2.20. The molecule has 1 fully saturated rings. The van der Waals surface area contributed by atoms with Gasteiger partial charge in [-0.05, 0) is 26.0 Å². The van der Waals surface area contributed by atoms with E-state index in [1.54, 1.807) is 18.3 Å². The van der Waals surface area contributed by atoms with Crippen molar-refractivity contribution in [2.45, 2.75) is 26.1 Å². The molecule has 2 heterocycles. The third-order valence-electron chi connectivity index (χ3n) is 5.53. The van der Waals surface area contributed by atoms with Crippen molar-refractivity contribution in [2.75, 3.05) is 31.7 Å². The highest BCUT2D eigenvalue weighted by Gasteiger charge is 2.21. The van der Waals surface area contributed by atoms with Gasteiger partial charge in [0.15, 0.2) is 0 Å². The Hall–Kier alpha value is -4.00. The van der Waals surface area contributed by atoms with Crippen molar-refractivity contribution >= 4 is 12.2 Å². The average Bonchev–Trinajstić information content (AvgIpc) is 2.84. The number of benzene rings is 2. The number of H-pyrrole nitrogens is 1. The molecule has 0 aliphatic carbocycles. The Balaban J connectivity index is 1.43. The van der Waals surface area contributed by atoms with Crippen LogP contribution in [0.25, 0.3) is 11.3 Å². The maximum atomic E-state index is 12.4. The van der Waals surface area contributed by atoms with E-state index in [0.29, 0.717) is 23.6 Å². The highest BCUT2D eigenvalue weighted by atomic mass is 16.5. The van der Waals surface area contributed by atoms with Crippen LogP contribution in [-0.2, 0) is 4.74 Å². The summed E-state index contributed by atoms with van der Waals surface area (Å²) in [4.78, 5) is 21.7. The van der Waals surface area contributed by atoms with Gasteiger partial charge in [0, 0.05) is 30.8 Å². The number of aromatic nitrogens is 2. The quantitative estimate of drug-likeness (QED) is 0.382.